The molecule has 0 aliphatic heterocycles. The van der Waals surface area contributed by atoms with Gasteiger partial charge < -0.3 is 13.6 Å². The van der Waals surface area contributed by atoms with Gasteiger partial charge in [-0.05, 0) is 43.3 Å². The monoisotopic (exact) mass is 379 g/mol. The zero-order chi connectivity index (χ0) is 18.6. The first-order valence-corrected chi connectivity index (χ1v) is 9.15. The predicted octanol–water partition coefficient (Wildman–Crippen LogP) is 4.83. The van der Waals surface area contributed by atoms with E-state index in [1.54, 1.807) is 24.3 Å². The summed E-state index contributed by atoms with van der Waals surface area (Å²) in [6.45, 7) is 1.90. The molecular formula is C20H17N3O3S. The highest BCUT2D eigenvalue weighted by atomic mass is 32.1. The van der Waals surface area contributed by atoms with Gasteiger partial charge in [-0.3, -0.25) is 0 Å². The molecule has 0 saturated carbocycles. The number of furan rings is 2. The molecule has 4 rings (SSSR count). The number of rotatable bonds is 5. The largest absolute Gasteiger partial charge is 0.497 e. The molecule has 136 valence electrons. The quantitative estimate of drug-likeness (QED) is 0.466. The Kier molecular flexibility index (Phi) is 4.76. The van der Waals surface area contributed by atoms with Crippen LogP contribution in [0.15, 0.2) is 79.1 Å². The molecule has 3 heterocycles. The lowest BCUT2D eigenvalue weighted by Gasteiger charge is -2.01. The summed E-state index contributed by atoms with van der Waals surface area (Å²) in [5.41, 5.74) is 1.59. The normalized spacial score (nSPS) is 12.1. The molecule has 0 radical (unpaired) electrons. The van der Waals surface area contributed by atoms with E-state index in [-0.39, 0.29) is 0 Å². The van der Waals surface area contributed by atoms with Crippen LogP contribution in [-0.2, 0) is 0 Å². The molecule has 7 heteroatoms. The number of hydrogen-bond donors (Lipinski definition) is 0. The molecule has 0 aliphatic carbocycles. The van der Waals surface area contributed by atoms with Crippen molar-refractivity contribution < 1.29 is 13.6 Å². The third-order valence-electron chi connectivity index (χ3n) is 3.80. The molecular weight excluding hydrogens is 362 g/mol. The highest BCUT2D eigenvalue weighted by molar-refractivity contribution is 7.07. The number of nitrogens with zero attached hydrogens (tertiary/aromatic N) is 3. The number of thiazole rings is 1. The molecule has 0 N–H and O–H groups in total. The molecule has 0 bridgehead atoms. The van der Waals surface area contributed by atoms with Gasteiger partial charge in [-0.1, -0.05) is 6.07 Å². The van der Waals surface area contributed by atoms with Crippen LogP contribution in [0.2, 0.25) is 0 Å². The van der Waals surface area contributed by atoms with Gasteiger partial charge in [0.1, 0.15) is 23.0 Å². The van der Waals surface area contributed by atoms with Gasteiger partial charge in [0.25, 0.3) is 0 Å². The number of aromatic nitrogens is 1. The van der Waals surface area contributed by atoms with E-state index >= 15 is 0 Å². The molecule has 1 aromatic carbocycles. The second-order valence-electron chi connectivity index (χ2n) is 5.70. The van der Waals surface area contributed by atoms with Gasteiger partial charge >= 0.3 is 0 Å². The highest BCUT2D eigenvalue weighted by Gasteiger charge is 2.10. The summed E-state index contributed by atoms with van der Waals surface area (Å²) in [5.74, 6) is 2.97. The van der Waals surface area contributed by atoms with Crippen molar-refractivity contribution in [3.05, 3.63) is 76.5 Å². The van der Waals surface area contributed by atoms with E-state index in [0.717, 1.165) is 22.9 Å². The van der Waals surface area contributed by atoms with E-state index in [1.807, 2.05) is 60.8 Å². The fourth-order valence-electron chi connectivity index (χ4n) is 2.51. The number of ether oxygens (including phenoxy) is 1. The summed E-state index contributed by atoms with van der Waals surface area (Å²) in [6.07, 6.45) is 3.30. The first-order valence-electron chi connectivity index (χ1n) is 8.27. The lowest BCUT2D eigenvalue weighted by Crippen LogP contribution is -2.11. The number of hydrogen-bond acceptors (Lipinski definition) is 6. The second-order valence-corrected chi connectivity index (χ2v) is 6.54. The Balaban J connectivity index is 1.81. The lowest BCUT2D eigenvalue weighted by atomic mass is 10.3. The van der Waals surface area contributed by atoms with Crippen LogP contribution in [0.5, 0.6) is 5.75 Å². The third kappa shape index (κ3) is 3.78. The van der Waals surface area contributed by atoms with Gasteiger partial charge in [0.15, 0.2) is 5.76 Å². The summed E-state index contributed by atoms with van der Waals surface area (Å²) >= 11 is 1.47. The van der Waals surface area contributed by atoms with Crippen LogP contribution in [0.3, 0.4) is 0 Å². The minimum Gasteiger partial charge on any atom is -0.497 e. The van der Waals surface area contributed by atoms with Crippen LogP contribution in [0.25, 0.3) is 11.5 Å². The van der Waals surface area contributed by atoms with E-state index in [4.69, 9.17) is 18.6 Å². The second kappa shape index (κ2) is 7.51. The molecule has 0 amide bonds. The first-order chi connectivity index (χ1) is 13.2. The average Bonchev–Trinajstić information content (AvgIpc) is 3.41. The van der Waals surface area contributed by atoms with Crippen LogP contribution in [-0.4, -0.2) is 18.0 Å². The van der Waals surface area contributed by atoms with Crippen LogP contribution in [0.4, 0.5) is 5.69 Å². The maximum atomic E-state index is 5.57. The zero-order valence-corrected chi connectivity index (χ0v) is 15.6. The SMILES string of the molecule is COc1cccc(N=c2scc(-c3ccco3)n2N=Cc2ccc(C)o2)c1. The molecule has 0 saturated heterocycles. The van der Waals surface area contributed by atoms with Crippen LogP contribution in [0.1, 0.15) is 11.5 Å². The summed E-state index contributed by atoms with van der Waals surface area (Å²) in [4.78, 5) is 5.42. The average molecular weight is 379 g/mol. The Labute approximate surface area is 159 Å². The maximum Gasteiger partial charge on any atom is 0.211 e. The van der Waals surface area contributed by atoms with E-state index < -0.39 is 0 Å². The van der Waals surface area contributed by atoms with Crippen molar-refractivity contribution in [2.75, 3.05) is 7.11 Å². The van der Waals surface area contributed by atoms with Gasteiger partial charge in [0.05, 0.1) is 25.3 Å². The van der Waals surface area contributed by atoms with Gasteiger partial charge in [-0.15, -0.1) is 11.3 Å². The first kappa shape index (κ1) is 17.1. The van der Waals surface area contributed by atoms with Crippen molar-refractivity contribution >= 4 is 23.2 Å². The van der Waals surface area contributed by atoms with Gasteiger partial charge in [0, 0.05) is 11.4 Å². The Bertz CT molecular complexity index is 1130. The molecule has 0 spiro atoms. The third-order valence-corrected chi connectivity index (χ3v) is 4.61. The summed E-state index contributed by atoms with van der Waals surface area (Å²) in [7, 11) is 1.63. The summed E-state index contributed by atoms with van der Waals surface area (Å²) in [5, 5.41) is 6.53. The van der Waals surface area contributed by atoms with Crippen LogP contribution >= 0.6 is 11.3 Å². The fourth-order valence-corrected chi connectivity index (χ4v) is 3.35. The van der Waals surface area contributed by atoms with Crippen molar-refractivity contribution in [1.82, 2.24) is 4.68 Å². The molecule has 4 aromatic rings. The Morgan fingerprint density at radius 1 is 1.15 bits per heavy atom. The van der Waals surface area contributed by atoms with E-state index in [2.05, 4.69) is 5.10 Å². The number of methoxy groups -OCH3 is 1. The minimum absolute atomic E-state index is 0.670. The molecule has 3 aromatic heterocycles. The van der Waals surface area contributed by atoms with Gasteiger partial charge in [0.2, 0.25) is 4.80 Å². The van der Waals surface area contributed by atoms with Crippen molar-refractivity contribution in [2.24, 2.45) is 10.1 Å². The van der Waals surface area contributed by atoms with Crippen molar-refractivity contribution in [3.63, 3.8) is 0 Å². The molecule has 0 aliphatic rings. The van der Waals surface area contributed by atoms with Crippen LogP contribution in [0, 0.1) is 6.92 Å². The highest BCUT2D eigenvalue weighted by Crippen LogP contribution is 2.22. The molecule has 6 nitrogen and oxygen atoms in total. The van der Waals surface area contributed by atoms with E-state index in [9.17, 15) is 0 Å². The summed E-state index contributed by atoms with van der Waals surface area (Å²) < 4.78 is 18.1. The van der Waals surface area contributed by atoms with E-state index in [1.165, 1.54) is 11.3 Å². The van der Waals surface area contributed by atoms with E-state index in [0.29, 0.717) is 16.3 Å². The Morgan fingerprint density at radius 2 is 2.07 bits per heavy atom. The lowest BCUT2D eigenvalue weighted by molar-refractivity contribution is 0.415. The van der Waals surface area contributed by atoms with Crippen molar-refractivity contribution in [3.8, 4) is 17.2 Å². The Hall–Kier alpha value is -3.32. The molecule has 27 heavy (non-hydrogen) atoms. The smallest absolute Gasteiger partial charge is 0.211 e. The van der Waals surface area contributed by atoms with Crippen molar-refractivity contribution in [2.45, 2.75) is 6.92 Å². The Morgan fingerprint density at radius 3 is 2.81 bits per heavy atom. The van der Waals surface area contributed by atoms with Crippen LogP contribution < -0.4 is 9.54 Å². The minimum atomic E-state index is 0.670. The molecule has 0 fully saturated rings. The topological polar surface area (TPSA) is 65.2 Å². The van der Waals surface area contributed by atoms with Gasteiger partial charge in [-0.2, -0.15) is 5.10 Å². The van der Waals surface area contributed by atoms with Gasteiger partial charge in [-0.25, -0.2) is 9.67 Å². The zero-order valence-electron chi connectivity index (χ0n) is 14.8. The standard InChI is InChI=1S/C20H17N3O3S/c1-14-8-9-17(26-14)12-21-23-18(19-7-4-10-25-19)13-27-20(23)22-15-5-3-6-16(11-15)24-2/h3-13H,1-2H3. The molecule has 0 unspecified atom stereocenters. The number of benzene rings is 1. The predicted molar refractivity (Wildman–Crippen MR) is 105 cm³/mol. The fraction of sp³-hybridized carbons (Fsp3) is 0.100. The maximum absolute atomic E-state index is 5.57. The van der Waals surface area contributed by atoms with Crippen molar-refractivity contribution in [1.29, 1.82) is 0 Å². The summed E-state index contributed by atoms with van der Waals surface area (Å²) in [6, 6.07) is 15.1. The number of aryl methyl sites for hydroxylation is 1. The molecule has 0 atom stereocenters.